The molecule has 0 radical (unpaired) electrons. The number of sulfonamides is 1. The maximum absolute atomic E-state index is 13.1. The van der Waals surface area contributed by atoms with E-state index in [-0.39, 0.29) is 22.9 Å². The number of amides is 2. The summed E-state index contributed by atoms with van der Waals surface area (Å²) in [6, 6.07) is 10.2. The second-order valence-corrected chi connectivity index (χ2v) is 10.2. The number of anilines is 2. The van der Waals surface area contributed by atoms with Crippen LogP contribution in [-0.4, -0.2) is 84.3 Å². The number of ether oxygens (including phenoxy) is 3. The quantitative estimate of drug-likeness (QED) is 0.521. The zero-order valence-corrected chi connectivity index (χ0v) is 21.1. The van der Waals surface area contributed by atoms with Crippen molar-refractivity contribution in [3.8, 4) is 17.2 Å². The maximum atomic E-state index is 13.1. The Balaban J connectivity index is 1.30. The number of para-hydroxylation sites is 2. The molecule has 0 aliphatic carbocycles. The molecule has 0 saturated carbocycles. The summed E-state index contributed by atoms with van der Waals surface area (Å²) >= 11 is 0. The SMILES string of the molecule is COc1cc2c(cc1OC)S(=O)(=O)N(CCCCN1CCN(c3ccccc3OC)CC1)C(=O)N2. The van der Waals surface area contributed by atoms with Gasteiger partial charge in [-0.2, -0.15) is 0 Å². The van der Waals surface area contributed by atoms with Gasteiger partial charge in [0.2, 0.25) is 0 Å². The molecule has 2 aliphatic rings. The number of piperazine rings is 1. The third-order valence-electron chi connectivity index (χ3n) is 6.41. The van der Waals surface area contributed by atoms with E-state index in [2.05, 4.69) is 21.2 Å². The first-order valence-corrected chi connectivity index (χ1v) is 13.0. The van der Waals surface area contributed by atoms with Gasteiger partial charge in [-0.3, -0.25) is 4.90 Å². The van der Waals surface area contributed by atoms with Crippen LogP contribution in [0.25, 0.3) is 0 Å². The highest BCUT2D eigenvalue weighted by Crippen LogP contribution is 2.39. The van der Waals surface area contributed by atoms with Gasteiger partial charge in [0.25, 0.3) is 10.0 Å². The van der Waals surface area contributed by atoms with Crippen LogP contribution in [0.3, 0.4) is 0 Å². The fraction of sp³-hybridized carbons (Fsp3) is 0.458. The minimum Gasteiger partial charge on any atom is -0.495 e. The smallest absolute Gasteiger partial charge is 0.335 e. The van der Waals surface area contributed by atoms with Gasteiger partial charge in [-0.1, -0.05) is 12.1 Å². The Labute approximate surface area is 206 Å². The van der Waals surface area contributed by atoms with Crippen molar-refractivity contribution in [2.45, 2.75) is 17.7 Å². The second-order valence-electron chi connectivity index (χ2n) is 8.42. The molecule has 2 amide bonds. The van der Waals surface area contributed by atoms with Crippen LogP contribution in [0.5, 0.6) is 17.2 Å². The van der Waals surface area contributed by atoms with Crippen molar-refractivity contribution in [1.29, 1.82) is 0 Å². The van der Waals surface area contributed by atoms with Gasteiger partial charge >= 0.3 is 6.03 Å². The fourth-order valence-corrected chi connectivity index (χ4v) is 6.01. The summed E-state index contributed by atoms with van der Waals surface area (Å²) in [6.45, 7) is 4.57. The highest BCUT2D eigenvalue weighted by atomic mass is 32.2. The van der Waals surface area contributed by atoms with Gasteiger partial charge in [0.15, 0.2) is 11.5 Å². The molecule has 1 fully saturated rings. The lowest BCUT2D eigenvalue weighted by Gasteiger charge is -2.36. The lowest BCUT2D eigenvalue weighted by atomic mass is 10.2. The molecule has 0 atom stereocenters. The highest BCUT2D eigenvalue weighted by Gasteiger charge is 2.37. The topological polar surface area (TPSA) is 101 Å². The predicted octanol–water partition coefficient (Wildman–Crippen LogP) is 2.85. The number of urea groups is 1. The Morgan fingerprint density at radius 1 is 0.857 bits per heavy atom. The largest absolute Gasteiger partial charge is 0.495 e. The van der Waals surface area contributed by atoms with Crippen molar-refractivity contribution in [3.05, 3.63) is 36.4 Å². The average molecular weight is 505 g/mol. The van der Waals surface area contributed by atoms with E-state index in [0.29, 0.717) is 12.2 Å². The third kappa shape index (κ3) is 5.10. The van der Waals surface area contributed by atoms with Crippen molar-refractivity contribution < 1.29 is 27.4 Å². The van der Waals surface area contributed by atoms with Crippen LogP contribution in [0.4, 0.5) is 16.2 Å². The molecule has 4 rings (SSSR count). The van der Waals surface area contributed by atoms with Gasteiger partial charge in [0.1, 0.15) is 10.6 Å². The van der Waals surface area contributed by atoms with Crippen molar-refractivity contribution in [3.63, 3.8) is 0 Å². The molecule has 11 heteroatoms. The number of nitrogens with zero attached hydrogens (tertiary/aromatic N) is 3. The van der Waals surface area contributed by atoms with E-state index in [9.17, 15) is 13.2 Å². The van der Waals surface area contributed by atoms with Gasteiger partial charge in [-0.05, 0) is 31.5 Å². The van der Waals surface area contributed by atoms with Gasteiger partial charge in [0, 0.05) is 44.9 Å². The van der Waals surface area contributed by atoms with Gasteiger partial charge in [0.05, 0.1) is 32.7 Å². The summed E-state index contributed by atoms with van der Waals surface area (Å²) in [7, 11) is 0.588. The summed E-state index contributed by atoms with van der Waals surface area (Å²) in [4.78, 5) is 17.3. The van der Waals surface area contributed by atoms with E-state index in [1.807, 2.05) is 18.2 Å². The standard InChI is InChI=1S/C24H32N4O6S/c1-32-20-9-5-4-8-19(20)27-14-12-26(13-15-27)10-6-7-11-28-24(29)25-18-16-21(33-2)22(34-3)17-23(18)35(28,30)31/h4-5,8-9,16-17H,6-7,10-15H2,1-3H3,(H,25,29). The van der Waals surface area contributed by atoms with Crippen LogP contribution < -0.4 is 24.4 Å². The van der Waals surface area contributed by atoms with Crippen molar-refractivity contribution in [2.24, 2.45) is 0 Å². The summed E-state index contributed by atoms with van der Waals surface area (Å²) in [5.41, 5.74) is 1.29. The summed E-state index contributed by atoms with van der Waals surface area (Å²) in [6.07, 6.45) is 1.36. The van der Waals surface area contributed by atoms with Crippen LogP contribution in [0.2, 0.25) is 0 Å². The molecule has 0 bridgehead atoms. The molecule has 0 aromatic heterocycles. The van der Waals surface area contributed by atoms with Gasteiger partial charge in [-0.15, -0.1) is 0 Å². The lowest BCUT2D eigenvalue weighted by Crippen LogP contribution is -2.47. The maximum Gasteiger partial charge on any atom is 0.335 e. The van der Waals surface area contributed by atoms with Crippen LogP contribution >= 0.6 is 0 Å². The Bertz CT molecular complexity index is 1160. The Morgan fingerprint density at radius 2 is 1.49 bits per heavy atom. The van der Waals surface area contributed by atoms with Gasteiger partial charge in [-0.25, -0.2) is 17.5 Å². The van der Waals surface area contributed by atoms with Gasteiger partial charge < -0.3 is 24.4 Å². The number of rotatable bonds is 9. The molecule has 2 aliphatic heterocycles. The molecule has 2 heterocycles. The second kappa shape index (κ2) is 10.6. The van der Waals surface area contributed by atoms with E-state index in [4.69, 9.17) is 14.2 Å². The first kappa shape index (κ1) is 24.9. The number of nitrogens with one attached hydrogen (secondary N) is 1. The minimum absolute atomic E-state index is 0.00205. The molecule has 190 valence electrons. The summed E-state index contributed by atoms with van der Waals surface area (Å²) in [5.74, 6) is 1.51. The highest BCUT2D eigenvalue weighted by molar-refractivity contribution is 7.90. The van der Waals surface area contributed by atoms with Crippen LogP contribution in [0.1, 0.15) is 12.8 Å². The molecule has 1 saturated heterocycles. The van der Waals surface area contributed by atoms with Crippen molar-refractivity contribution in [1.82, 2.24) is 9.21 Å². The predicted molar refractivity (Wildman–Crippen MR) is 133 cm³/mol. The lowest BCUT2D eigenvalue weighted by molar-refractivity contribution is 0.230. The molecule has 0 spiro atoms. The average Bonchev–Trinajstić information content (AvgIpc) is 2.87. The van der Waals surface area contributed by atoms with Crippen LogP contribution in [0.15, 0.2) is 41.3 Å². The molecular weight excluding hydrogens is 472 g/mol. The number of benzene rings is 2. The van der Waals surface area contributed by atoms with E-state index < -0.39 is 16.1 Å². The zero-order chi connectivity index (χ0) is 25.0. The Kier molecular flexibility index (Phi) is 7.56. The third-order valence-corrected chi connectivity index (χ3v) is 8.23. The van der Waals surface area contributed by atoms with Crippen molar-refractivity contribution >= 4 is 27.4 Å². The molecule has 2 aromatic carbocycles. The first-order valence-electron chi connectivity index (χ1n) is 11.6. The van der Waals surface area contributed by atoms with E-state index >= 15 is 0 Å². The molecule has 2 aromatic rings. The monoisotopic (exact) mass is 504 g/mol. The number of carbonyl (C=O) groups is 1. The minimum atomic E-state index is -3.99. The number of fused-ring (bicyclic) bond motifs is 1. The van der Waals surface area contributed by atoms with Crippen LogP contribution in [0, 0.1) is 0 Å². The normalized spacial score (nSPS) is 17.5. The number of carbonyl (C=O) groups excluding carboxylic acids is 1. The molecule has 1 N–H and O–H groups in total. The first-order chi connectivity index (χ1) is 16.9. The fourth-order valence-electron chi connectivity index (χ4n) is 4.49. The van der Waals surface area contributed by atoms with E-state index in [0.717, 1.165) is 54.9 Å². The number of hydrogen-bond acceptors (Lipinski definition) is 8. The Hall–Kier alpha value is -3.18. The number of unbranched alkanes of at least 4 members (excludes halogenated alkanes) is 1. The van der Waals surface area contributed by atoms with Crippen LogP contribution in [-0.2, 0) is 10.0 Å². The van der Waals surface area contributed by atoms with E-state index in [1.165, 1.54) is 26.4 Å². The zero-order valence-electron chi connectivity index (χ0n) is 20.3. The summed E-state index contributed by atoms with van der Waals surface area (Å²) < 4.78 is 43.1. The Morgan fingerprint density at radius 3 is 2.17 bits per heavy atom. The molecule has 35 heavy (non-hydrogen) atoms. The van der Waals surface area contributed by atoms with E-state index in [1.54, 1.807) is 7.11 Å². The molecule has 10 nitrogen and oxygen atoms in total. The summed E-state index contributed by atoms with van der Waals surface area (Å²) in [5, 5.41) is 2.66. The molecular formula is C24H32N4O6S. The van der Waals surface area contributed by atoms with Crippen molar-refractivity contribution in [2.75, 3.05) is 70.8 Å². The molecule has 0 unspecified atom stereocenters. The number of methoxy groups -OCH3 is 3. The number of hydrogen-bond donors (Lipinski definition) is 1.